The number of aryl methyl sites for hydroxylation is 1. The molecule has 27 heavy (non-hydrogen) atoms. The normalized spacial score (nSPS) is 31.7. The van der Waals surface area contributed by atoms with E-state index in [0.717, 1.165) is 44.9 Å². The zero-order valence-electron chi connectivity index (χ0n) is 15.6. The maximum Gasteiger partial charge on any atom is 0.234 e. The van der Waals surface area contributed by atoms with E-state index in [1.54, 1.807) is 11.3 Å². The molecular weight excluding hydrogens is 356 g/mol. The molecule has 1 aromatic carbocycles. The predicted molar refractivity (Wildman–Crippen MR) is 104 cm³/mol. The Morgan fingerprint density at radius 1 is 1.07 bits per heavy atom. The lowest BCUT2D eigenvalue weighted by Crippen LogP contribution is -2.49. The SMILES string of the molecule is Cc1ccccc1OCc1nn2c(C34CC5CC(CC(C5)C3)C4)nnc2s1. The van der Waals surface area contributed by atoms with Gasteiger partial charge < -0.3 is 4.74 Å². The van der Waals surface area contributed by atoms with Gasteiger partial charge in [-0.15, -0.1) is 10.2 Å². The summed E-state index contributed by atoms with van der Waals surface area (Å²) in [6, 6.07) is 8.12. The molecular formula is C21H24N4OS. The van der Waals surface area contributed by atoms with Gasteiger partial charge in [0.2, 0.25) is 4.96 Å². The Morgan fingerprint density at radius 2 is 1.78 bits per heavy atom. The molecule has 0 atom stereocenters. The first kappa shape index (κ1) is 16.0. The van der Waals surface area contributed by atoms with Crippen LogP contribution in [0.1, 0.15) is 54.9 Å². The van der Waals surface area contributed by atoms with E-state index in [1.165, 1.54) is 38.5 Å². The summed E-state index contributed by atoms with van der Waals surface area (Å²) in [7, 11) is 0. The van der Waals surface area contributed by atoms with Crippen LogP contribution >= 0.6 is 11.3 Å². The van der Waals surface area contributed by atoms with Gasteiger partial charge in [-0.1, -0.05) is 29.5 Å². The van der Waals surface area contributed by atoms with Crippen LogP contribution in [0.2, 0.25) is 0 Å². The van der Waals surface area contributed by atoms with Crippen LogP contribution in [0, 0.1) is 24.7 Å². The molecule has 0 N–H and O–H groups in total. The third-order valence-electron chi connectivity index (χ3n) is 6.99. The quantitative estimate of drug-likeness (QED) is 0.667. The van der Waals surface area contributed by atoms with E-state index in [4.69, 9.17) is 9.84 Å². The number of rotatable bonds is 4. The molecule has 4 fully saturated rings. The Kier molecular flexibility index (Phi) is 3.43. The van der Waals surface area contributed by atoms with E-state index in [9.17, 15) is 0 Å². The molecule has 0 unspecified atom stereocenters. The highest BCUT2D eigenvalue weighted by atomic mass is 32.1. The standard InChI is InChI=1S/C21H24N4OS/c1-13-4-2-3-5-17(13)26-12-18-24-25-19(22-23-20(25)27-18)21-9-14-6-15(10-21)8-16(7-14)11-21/h2-5,14-16H,6-12H2,1H3. The van der Waals surface area contributed by atoms with Crippen molar-refractivity contribution in [2.24, 2.45) is 17.8 Å². The molecule has 0 radical (unpaired) electrons. The summed E-state index contributed by atoms with van der Waals surface area (Å²) < 4.78 is 8.03. The monoisotopic (exact) mass is 380 g/mol. The molecule has 0 saturated heterocycles. The number of nitrogens with zero attached hydrogens (tertiary/aromatic N) is 4. The van der Waals surface area contributed by atoms with Crippen molar-refractivity contribution in [3.63, 3.8) is 0 Å². The summed E-state index contributed by atoms with van der Waals surface area (Å²) in [5.41, 5.74) is 1.37. The third kappa shape index (κ3) is 2.53. The van der Waals surface area contributed by atoms with E-state index in [-0.39, 0.29) is 5.41 Å². The summed E-state index contributed by atoms with van der Waals surface area (Å²) in [4.78, 5) is 0.907. The van der Waals surface area contributed by atoms with E-state index in [2.05, 4.69) is 23.2 Å². The van der Waals surface area contributed by atoms with Gasteiger partial charge in [0.1, 0.15) is 12.4 Å². The second-order valence-corrected chi connectivity index (χ2v) is 10.0. The largest absolute Gasteiger partial charge is 0.486 e. The number of hydrogen-bond acceptors (Lipinski definition) is 5. The molecule has 4 aliphatic rings. The Labute approximate surface area is 162 Å². The number of para-hydroxylation sites is 1. The molecule has 140 valence electrons. The third-order valence-corrected chi connectivity index (χ3v) is 7.86. The Hall–Kier alpha value is -1.95. The Bertz CT molecular complexity index is 971. The first-order valence-electron chi connectivity index (χ1n) is 10.1. The van der Waals surface area contributed by atoms with Gasteiger partial charge in [0.25, 0.3) is 0 Å². The van der Waals surface area contributed by atoms with Gasteiger partial charge in [0.05, 0.1) is 0 Å². The van der Waals surface area contributed by atoms with Crippen LogP contribution in [-0.2, 0) is 12.0 Å². The Balaban J connectivity index is 1.30. The molecule has 4 saturated carbocycles. The van der Waals surface area contributed by atoms with E-state index < -0.39 is 0 Å². The topological polar surface area (TPSA) is 52.3 Å². The summed E-state index contributed by atoms with van der Waals surface area (Å²) >= 11 is 1.60. The molecule has 6 heteroatoms. The van der Waals surface area contributed by atoms with Gasteiger partial charge in [-0.3, -0.25) is 0 Å². The summed E-state index contributed by atoms with van der Waals surface area (Å²) in [6.07, 6.45) is 8.17. The maximum atomic E-state index is 6.00. The first-order chi connectivity index (χ1) is 13.2. The number of hydrogen-bond donors (Lipinski definition) is 0. The average molecular weight is 381 g/mol. The molecule has 4 aliphatic carbocycles. The van der Waals surface area contributed by atoms with Crippen molar-refractivity contribution in [3.05, 3.63) is 40.7 Å². The lowest BCUT2D eigenvalue weighted by Gasteiger charge is -2.55. The lowest BCUT2D eigenvalue weighted by molar-refractivity contribution is -0.0103. The van der Waals surface area contributed by atoms with Gasteiger partial charge >= 0.3 is 0 Å². The van der Waals surface area contributed by atoms with Gasteiger partial charge in [-0.05, 0) is 74.8 Å². The highest BCUT2D eigenvalue weighted by Crippen LogP contribution is 2.60. The zero-order chi connectivity index (χ0) is 18.0. The maximum absolute atomic E-state index is 6.00. The minimum atomic E-state index is 0.219. The van der Waals surface area contributed by atoms with E-state index in [1.807, 2.05) is 22.7 Å². The van der Waals surface area contributed by atoms with Crippen molar-refractivity contribution in [2.75, 3.05) is 0 Å². The summed E-state index contributed by atoms with van der Waals surface area (Å²) in [5.74, 6) is 4.73. The fourth-order valence-corrected chi connectivity index (χ4v) is 7.03. The van der Waals surface area contributed by atoms with E-state index >= 15 is 0 Å². The minimum Gasteiger partial charge on any atom is -0.486 e. The van der Waals surface area contributed by atoms with Crippen molar-refractivity contribution in [2.45, 2.75) is 57.5 Å². The van der Waals surface area contributed by atoms with Crippen LogP contribution in [0.5, 0.6) is 5.75 Å². The first-order valence-corrected chi connectivity index (χ1v) is 10.9. The van der Waals surface area contributed by atoms with Gasteiger partial charge in [-0.2, -0.15) is 9.61 Å². The molecule has 4 bridgehead atoms. The fraction of sp³-hybridized carbons (Fsp3) is 0.571. The highest BCUT2D eigenvalue weighted by Gasteiger charge is 2.54. The number of fused-ring (bicyclic) bond motifs is 1. The van der Waals surface area contributed by atoms with Crippen LogP contribution in [0.15, 0.2) is 24.3 Å². The Morgan fingerprint density at radius 3 is 2.48 bits per heavy atom. The number of ether oxygens (including phenoxy) is 1. The molecule has 2 aromatic heterocycles. The van der Waals surface area contributed by atoms with Crippen LogP contribution in [-0.4, -0.2) is 19.8 Å². The molecule has 3 aromatic rings. The highest BCUT2D eigenvalue weighted by molar-refractivity contribution is 7.16. The molecule has 2 heterocycles. The van der Waals surface area contributed by atoms with Gasteiger partial charge in [0.15, 0.2) is 10.8 Å². The summed E-state index contributed by atoms with van der Waals surface area (Å²) in [6.45, 7) is 2.55. The average Bonchev–Trinajstić information content (AvgIpc) is 3.20. The van der Waals surface area contributed by atoms with E-state index in [0.29, 0.717) is 6.61 Å². The smallest absolute Gasteiger partial charge is 0.234 e. The van der Waals surface area contributed by atoms with Crippen molar-refractivity contribution < 1.29 is 4.74 Å². The predicted octanol–water partition coefficient (Wildman–Crippen LogP) is 4.54. The second kappa shape index (κ2) is 5.77. The summed E-state index contributed by atoms with van der Waals surface area (Å²) in [5, 5.41) is 14.9. The minimum absolute atomic E-state index is 0.219. The van der Waals surface area contributed by atoms with Crippen LogP contribution in [0.25, 0.3) is 4.96 Å². The lowest BCUT2D eigenvalue weighted by atomic mass is 9.49. The zero-order valence-corrected chi connectivity index (χ0v) is 16.4. The van der Waals surface area contributed by atoms with Crippen LogP contribution in [0.4, 0.5) is 0 Å². The molecule has 0 aliphatic heterocycles. The molecule has 0 spiro atoms. The molecule has 7 rings (SSSR count). The number of aromatic nitrogens is 4. The second-order valence-electron chi connectivity index (χ2n) is 8.97. The van der Waals surface area contributed by atoms with Crippen LogP contribution in [0.3, 0.4) is 0 Å². The number of benzene rings is 1. The fourth-order valence-electron chi connectivity index (χ4n) is 6.29. The van der Waals surface area contributed by atoms with Crippen LogP contribution < -0.4 is 4.74 Å². The van der Waals surface area contributed by atoms with Gasteiger partial charge in [0, 0.05) is 5.41 Å². The van der Waals surface area contributed by atoms with Crippen molar-refractivity contribution in [1.82, 2.24) is 19.8 Å². The van der Waals surface area contributed by atoms with Crippen molar-refractivity contribution >= 4 is 16.3 Å². The van der Waals surface area contributed by atoms with Crippen molar-refractivity contribution in [3.8, 4) is 5.75 Å². The van der Waals surface area contributed by atoms with Gasteiger partial charge in [-0.25, -0.2) is 0 Å². The molecule has 0 amide bonds. The van der Waals surface area contributed by atoms with Crippen molar-refractivity contribution in [1.29, 1.82) is 0 Å². The molecule has 5 nitrogen and oxygen atoms in total.